The molecule has 0 heterocycles. The van der Waals surface area contributed by atoms with E-state index in [2.05, 4.69) is 11.8 Å². The van der Waals surface area contributed by atoms with E-state index in [4.69, 9.17) is 23.1 Å². The molecule has 0 bridgehead atoms. The van der Waals surface area contributed by atoms with E-state index >= 15 is 0 Å². The molecule has 0 aromatic carbocycles. The topological polar surface area (TPSA) is 69.8 Å². The third-order valence-electron chi connectivity index (χ3n) is 2.84. The number of nitrogens with zero attached hydrogens (tertiary/aromatic N) is 2. The molecule has 0 fully saturated rings. The maximum atomic E-state index is 11.8. The summed E-state index contributed by atoms with van der Waals surface area (Å²) < 4.78 is 0. The van der Waals surface area contributed by atoms with E-state index < -0.39 is 0 Å². The summed E-state index contributed by atoms with van der Waals surface area (Å²) in [6.45, 7) is 5.28. The van der Waals surface area contributed by atoms with Crippen LogP contribution in [0, 0.1) is 0 Å². The smallest absolute Gasteiger partial charge is 0.223 e. The highest BCUT2D eigenvalue weighted by molar-refractivity contribution is 7.80. The van der Waals surface area contributed by atoms with Crippen LogP contribution in [0.5, 0.6) is 0 Å². The minimum absolute atomic E-state index is 0.105. The number of nitrogens with two attached hydrogens (primary N) is 1. The molecular weight excluding hydrogens is 250 g/mol. The second-order valence-corrected chi connectivity index (χ2v) is 4.82. The minimum Gasteiger partial charge on any atom is -0.396 e. The molecular formula is C12H25N3O2S. The van der Waals surface area contributed by atoms with Gasteiger partial charge in [-0.05, 0) is 13.0 Å². The first-order valence-corrected chi connectivity index (χ1v) is 6.77. The molecule has 0 radical (unpaired) electrons. The first-order valence-electron chi connectivity index (χ1n) is 6.36. The van der Waals surface area contributed by atoms with Crippen molar-refractivity contribution in [2.45, 2.75) is 26.2 Å². The van der Waals surface area contributed by atoms with Crippen LogP contribution in [0.4, 0.5) is 0 Å². The fourth-order valence-corrected chi connectivity index (χ4v) is 1.66. The predicted molar refractivity (Wildman–Crippen MR) is 77.5 cm³/mol. The summed E-state index contributed by atoms with van der Waals surface area (Å²) in [5, 5.41) is 8.77. The maximum Gasteiger partial charge on any atom is 0.223 e. The minimum atomic E-state index is 0.105. The van der Waals surface area contributed by atoms with Crippen LogP contribution < -0.4 is 5.73 Å². The number of thiocarbonyl (C=S) groups is 1. The lowest BCUT2D eigenvalue weighted by Crippen LogP contribution is -2.34. The molecule has 1 amide bonds. The maximum absolute atomic E-state index is 11.8. The standard InChI is InChI=1S/C12H25N3O2S/c1-3-15(7-4-10-16)9-6-12(17)14(2)8-5-11(13)18/h16H,3-10H2,1-2H3,(H2,13,18). The van der Waals surface area contributed by atoms with Crippen molar-refractivity contribution in [1.29, 1.82) is 0 Å². The summed E-state index contributed by atoms with van der Waals surface area (Å²) in [6.07, 6.45) is 1.81. The number of amides is 1. The summed E-state index contributed by atoms with van der Waals surface area (Å²) in [6, 6.07) is 0. The Kier molecular flexibility index (Phi) is 9.82. The van der Waals surface area contributed by atoms with Crippen LogP contribution in [0.25, 0.3) is 0 Å². The zero-order valence-corrected chi connectivity index (χ0v) is 12.2. The lowest BCUT2D eigenvalue weighted by molar-refractivity contribution is -0.130. The molecule has 6 heteroatoms. The Balaban J connectivity index is 3.88. The summed E-state index contributed by atoms with van der Waals surface area (Å²) >= 11 is 4.78. The lowest BCUT2D eigenvalue weighted by Gasteiger charge is -2.22. The van der Waals surface area contributed by atoms with Gasteiger partial charge in [-0.2, -0.15) is 0 Å². The molecule has 5 nitrogen and oxygen atoms in total. The fraction of sp³-hybridized carbons (Fsp3) is 0.833. The van der Waals surface area contributed by atoms with Gasteiger partial charge in [-0.3, -0.25) is 4.79 Å². The van der Waals surface area contributed by atoms with Gasteiger partial charge in [0, 0.05) is 46.1 Å². The zero-order valence-electron chi connectivity index (χ0n) is 11.4. The number of hydrogen-bond acceptors (Lipinski definition) is 4. The molecule has 0 aliphatic heterocycles. The first kappa shape index (κ1) is 17.3. The van der Waals surface area contributed by atoms with Crippen LogP contribution in [0.2, 0.25) is 0 Å². The Hall–Kier alpha value is -0.720. The zero-order chi connectivity index (χ0) is 14.0. The molecule has 0 aliphatic carbocycles. The molecule has 0 rings (SSSR count). The van der Waals surface area contributed by atoms with E-state index in [1.165, 1.54) is 0 Å². The number of aliphatic hydroxyl groups excluding tert-OH is 1. The molecule has 0 saturated heterocycles. The molecule has 106 valence electrons. The van der Waals surface area contributed by atoms with Crippen molar-refractivity contribution < 1.29 is 9.90 Å². The van der Waals surface area contributed by atoms with Crippen molar-refractivity contribution in [1.82, 2.24) is 9.80 Å². The van der Waals surface area contributed by atoms with E-state index in [1.54, 1.807) is 11.9 Å². The summed E-state index contributed by atoms with van der Waals surface area (Å²) in [7, 11) is 1.77. The van der Waals surface area contributed by atoms with Crippen LogP contribution in [0.1, 0.15) is 26.2 Å². The number of carbonyl (C=O) groups is 1. The van der Waals surface area contributed by atoms with Gasteiger partial charge in [0.2, 0.25) is 5.91 Å². The van der Waals surface area contributed by atoms with Crippen molar-refractivity contribution in [3.05, 3.63) is 0 Å². The van der Waals surface area contributed by atoms with E-state index in [1.807, 2.05) is 0 Å². The van der Waals surface area contributed by atoms with Crippen LogP contribution >= 0.6 is 12.2 Å². The Morgan fingerprint density at radius 2 is 1.94 bits per heavy atom. The van der Waals surface area contributed by atoms with Crippen LogP contribution in [0.15, 0.2) is 0 Å². The molecule has 0 aliphatic rings. The van der Waals surface area contributed by atoms with Crippen molar-refractivity contribution in [3.8, 4) is 0 Å². The third kappa shape index (κ3) is 8.38. The van der Waals surface area contributed by atoms with Crippen molar-refractivity contribution in [2.24, 2.45) is 5.73 Å². The molecule has 0 atom stereocenters. The SMILES string of the molecule is CCN(CCCO)CCC(=O)N(C)CCC(N)=S. The van der Waals surface area contributed by atoms with Gasteiger partial charge in [0.25, 0.3) is 0 Å². The normalized spacial score (nSPS) is 10.7. The molecule has 0 saturated carbocycles. The van der Waals surface area contributed by atoms with Crippen LogP contribution in [0.3, 0.4) is 0 Å². The Morgan fingerprint density at radius 1 is 1.28 bits per heavy atom. The molecule has 0 unspecified atom stereocenters. The molecule has 3 N–H and O–H groups in total. The monoisotopic (exact) mass is 275 g/mol. The average Bonchev–Trinajstić information content (AvgIpc) is 2.35. The number of rotatable bonds is 10. The van der Waals surface area contributed by atoms with Gasteiger partial charge >= 0.3 is 0 Å². The van der Waals surface area contributed by atoms with E-state index in [0.29, 0.717) is 24.4 Å². The molecule has 0 spiro atoms. The van der Waals surface area contributed by atoms with E-state index in [9.17, 15) is 4.79 Å². The summed E-state index contributed by atoms with van der Waals surface area (Å²) in [5.41, 5.74) is 5.40. The lowest BCUT2D eigenvalue weighted by atomic mass is 10.3. The van der Waals surface area contributed by atoms with Gasteiger partial charge in [0.15, 0.2) is 0 Å². The van der Waals surface area contributed by atoms with Crippen LogP contribution in [-0.2, 0) is 4.79 Å². The molecule has 0 aromatic heterocycles. The Morgan fingerprint density at radius 3 is 2.44 bits per heavy atom. The Labute approximate surface area is 115 Å². The number of aliphatic hydroxyl groups is 1. The highest BCUT2D eigenvalue weighted by atomic mass is 32.1. The number of hydrogen-bond donors (Lipinski definition) is 2. The quantitative estimate of drug-likeness (QED) is 0.558. The summed E-state index contributed by atoms with van der Waals surface area (Å²) in [5.74, 6) is 0.105. The van der Waals surface area contributed by atoms with Gasteiger partial charge in [-0.1, -0.05) is 19.1 Å². The molecule has 0 aromatic rings. The predicted octanol–water partition coefficient (Wildman–Crippen LogP) is 0.215. The van der Waals surface area contributed by atoms with Gasteiger partial charge in [-0.25, -0.2) is 0 Å². The highest BCUT2D eigenvalue weighted by Crippen LogP contribution is 1.98. The second kappa shape index (κ2) is 10.2. The van der Waals surface area contributed by atoms with Gasteiger partial charge in [-0.15, -0.1) is 0 Å². The fourth-order valence-electron chi connectivity index (χ4n) is 1.57. The first-order chi connectivity index (χ1) is 8.51. The summed E-state index contributed by atoms with van der Waals surface area (Å²) in [4.78, 5) is 16.1. The Bertz CT molecular complexity index is 262. The highest BCUT2D eigenvalue weighted by Gasteiger charge is 2.10. The van der Waals surface area contributed by atoms with Crippen LogP contribution in [-0.4, -0.2) is 65.6 Å². The van der Waals surface area contributed by atoms with Gasteiger partial charge in [0.05, 0.1) is 4.99 Å². The van der Waals surface area contributed by atoms with Gasteiger partial charge in [0.1, 0.15) is 0 Å². The van der Waals surface area contributed by atoms with E-state index in [0.717, 1.165) is 26.1 Å². The number of carbonyl (C=O) groups excluding carboxylic acids is 1. The largest absolute Gasteiger partial charge is 0.396 e. The van der Waals surface area contributed by atoms with E-state index in [-0.39, 0.29) is 12.5 Å². The van der Waals surface area contributed by atoms with Crippen molar-refractivity contribution >= 4 is 23.1 Å². The van der Waals surface area contributed by atoms with Crippen molar-refractivity contribution in [2.75, 3.05) is 39.8 Å². The third-order valence-corrected chi connectivity index (χ3v) is 3.05. The molecule has 18 heavy (non-hydrogen) atoms. The van der Waals surface area contributed by atoms with Crippen molar-refractivity contribution in [3.63, 3.8) is 0 Å². The average molecular weight is 275 g/mol. The van der Waals surface area contributed by atoms with Gasteiger partial charge < -0.3 is 20.6 Å². The second-order valence-electron chi connectivity index (χ2n) is 4.29.